The first-order valence-corrected chi connectivity index (χ1v) is 8.13. The Morgan fingerprint density at radius 1 is 1.00 bits per heavy atom. The second-order valence-electron chi connectivity index (χ2n) is 4.93. The lowest BCUT2D eigenvalue weighted by Gasteiger charge is -2.02. The number of para-hydroxylation sites is 1. The van der Waals surface area contributed by atoms with Crippen LogP contribution in [0.5, 0.6) is 0 Å². The van der Waals surface area contributed by atoms with Crippen LogP contribution in [-0.4, -0.2) is 10.8 Å². The van der Waals surface area contributed by atoms with Crippen molar-refractivity contribution >= 4 is 11.8 Å². The van der Waals surface area contributed by atoms with Gasteiger partial charge in [0.1, 0.15) is 13.2 Å². The Bertz CT molecular complexity index is 777. The number of pyridine rings is 1. The molecule has 21 heavy (non-hydrogen) atoms. The van der Waals surface area contributed by atoms with E-state index in [0.29, 0.717) is 0 Å². The summed E-state index contributed by atoms with van der Waals surface area (Å²) in [6.45, 7) is 2.14. The second-order valence-corrected chi connectivity index (χ2v) is 5.78. The predicted molar refractivity (Wildman–Crippen MR) is 85.0 cm³/mol. The topological polar surface area (TPSA) is 12.7 Å². The molecule has 0 aliphatic carbocycles. The summed E-state index contributed by atoms with van der Waals surface area (Å²) in [5.41, 5.74) is 1.22. The minimum absolute atomic E-state index is 1.15. The van der Waals surface area contributed by atoms with Gasteiger partial charge < -0.3 is 0 Å². The van der Waals surface area contributed by atoms with E-state index in [2.05, 4.69) is 88.9 Å². The van der Waals surface area contributed by atoms with Gasteiger partial charge in [-0.3, -0.25) is 0 Å². The number of aryl methyl sites for hydroxylation is 1. The van der Waals surface area contributed by atoms with Gasteiger partial charge in [-0.05, 0) is 30.5 Å². The third kappa shape index (κ3) is 2.47. The van der Waals surface area contributed by atoms with Gasteiger partial charge in [-0.15, -0.1) is 16.3 Å². The third-order valence-electron chi connectivity index (χ3n) is 3.68. The van der Waals surface area contributed by atoms with Crippen LogP contribution in [0.4, 0.5) is 0 Å². The van der Waals surface area contributed by atoms with Gasteiger partial charge in [0, 0.05) is 6.07 Å². The standard InChI is InChI=1S/C17H19N3S/c1-14-19(15-8-4-5-9-16(15)21-3)12-13-20(14)17-10-6-7-11-18(17)2/h4-13H,1-3H3/q+2. The number of hydrogen-bond acceptors (Lipinski definition) is 1. The van der Waals surface area contributed by atoms with E-state index in [9.17, 15) is 0 Å². The molecule has 0 amide bonds. The minimum Gasteiger partial charge on any atom is -0.205 e. The van der Waals surface area contributed by atoms with Gasteiger partial charge in [0.2, 0.25) is 0 Å². The monoisotopic (exact) mass is 297 g/mol. The van der Waals surface area contributed by atoms with E-state index < -0.39 is 0 Å². The van der Waals surface area contributed by atoms with Crippen LogP contribution in [0, 0.1) is 6.92 Å². The molecule has 0 N–H and O–H groups in total. The molecule has 0 unspecified atom stereocenters. The first-order chi connectivity index (χ1) is 10.2. The van der Waals surface area contributed by atoms with Crippen LogP contribution in [-0.2, 0) is 7.05 Å². The molecule has 0 saturated heterocycles. The molecule has 0 bridgehead atoms. The van der Waals surface area contributed by atoms with Gasteiger partial charge in [0.15, 0.2) is 18.1 Å². The maximum atomic E-state index is 2.23. The Balaban J connectivity index is 2.14. The highest BCUT2D eigenvalue weighted by Gasteiger charge is 2.24. The summed E-state index contributed by atoms with van der Waals surface area (Å²) >= 11 is 1.77. The number of hydrogen-bond donors (Lipinski definition) is 0. The van der Waals surface area contributed by atoms with E-state index in [4.69, 9.17) is 0 Å². The highest BCUT2D eigenvalue weighted by atomic mass is 32.2. The van der Waals surface area contributed by atoms with Crippen molar-refractivity contribution in [2.45, 2.75) is 11.8 Å². The molecule has 0 fully saturated rings. The lowest BCUT2D eigenvalue weighted by atomic mass is 10.3. The van der Waals surface area contributed by atoms with Gasteiger partial charge in [-0.25, -0.2) is 4.57 Å². The molecule has 0 radical (unpaired) electrons. The zero-order chi connectivity index (χ0) is 14.8. The van der Waals surface area contributed by atoms with Crippen molar-refractivity contribution in [3.8, 4) is 11.5 Å². The second kappa shape index (κ2) is 5.74. The molecule has 0 aliphatic rings. The van der Waals surface area contributed by atoms with Gasteiger partial charge in [0.05, 0.1) is 11.8 Å². The number of aromatic nitrogens is 3. The lowest BCUT2D eigenvalue weighted by Crippen LogP contribution is -2.47. The Hall–Kier alpha value is -2.07. The summed E-state index contributed by atoms with van der Waals surface area (Å²) in [6, 6.07) is 14.7. The van der Waals surface area contributed by atoms with E-state index >= 15 is 0 Å². The van der Waals surface area contributed by atoms with Crippen LogP contribution in [0.25, 0.3) is 11.5 Å². The van der Waals surface area contributed by atoms with E-state index in [0.717, 1.165) is 5.82 Å². The molecule has 0 spiro atoms. The number of nitrogens with zero attached hydrogens (tertiary/aromatic N) is 3. The highest BCUT2D eigenvalue weighted by Crippen LogP contribution is 2.24. The maximum absolute atomic E-state index is 2.23. The molecule has 0 saturated carbocycles. The largest absolute Gasteiger partial charge is 0.344 e. The smallest absolute Gasteiger partial charge is 0.205 e. The first kappa shape index (κ1) is 13.9. The average molecular weight is 297 g/mol. The number of benzene rings is 1. The SMILES string of the molecule is CSc1ccccc1-n1cc[n+](-c2cccc[n+]2C)c1C. The molecular formula is C17H19N3S+2. The summed E-state index contributed by atoms with van der Waals surface area (Å²) in [5, 5.41) is 0. The van der Waals surface area contributed by atoms with Crippen LogP contribution in [0.1, 0.15) is 5.82 Å². The molecule has 3 rings (SSSR count). The molecule has 3 nitrogen and oxygen atoms in total. The quantitative estimate of drug-likeness (QED) is 0.535. The normalized spacial score (nSPS) is 10.8. The zero-order valence-electron chi connectivity index (χ0n) is 12.5. The Kier molecular flexibility index (Phi) is 3.80. The summed E-state index contributed by atoms with van der Waals surface area (Å²) in [4.78, 5) is 1.28. The summed E-state index contributed by atoms with van der Waals surface area (Å²) in [5.74, 6) is 2.33. The number of imidazole rings is 1. The van der Waals surface area contributed by atoms with Gasteiger partial charge >= 0.3 is 11.6 Å². The minimum atomic E-state index is 1.15. The molecule has 1 aromatic carbocycles. The zero-order valence-corrected chi connectivity index (χ0v) is 13.3. The van der Waals surface area contributed by atoms with Gasteiger partial charge in [-0.2, -0.15) is 4.57 Å². The molecule has 4 heteroatoms. The van der Waals surface area contributed by atoms with Crippen LogP contribution < -0.4 is 9.13 Å². The van der Waals surface area contributed by atoms with Gasteiger partial charge in [-0.1, -0.05) is 12.1 Å². The van der Waals surface area contributed by atoms with Crippen molar-refractivity contribution in [2.75, 3.05) is 6.26 Å². The fraction of sp³-hybridized carbons (Fsp3) is 0.176. The summed E-state index contributed by atoms with van der Waals surface area (Å²) in [7, 11) is 2.06. The van der Waals surface area contributed by atoms with Crippen LogP contribution >= 0.6 is 11.8 Å². The van der Waals surface area contributed by atoms with Crippen LogP contribution in [0.3, 0.4) is 0 Å². The van der Waals surface area contributed by atoms with Crippen molar-refractivity contribution in [3.63, 3.8) is 0 Å². The van der Waals surface area contributed by atoms with E-state index in [-0.39, 0.29) is 0 Å². The molecule has 2 aromatic heterocycles. The number of thioether (sulfide) groups is 1. The van der Waals surface area contributed by atoms with E-state index in [1.54, 1.807) is 11.8 Å². The lowest BCUT2D eigenvalue weighted by molar-refractivity contribution is -0.780. The predicted octanol–water partition coefficient (Wildman–Crippen LogP) is 2.61. The number of rotatable bonds is 3. The van der Waals surface area contributed by atoms with E-state index in [1.165, 1.54) is 16.4 Å². The Morgan fingerprint density at radius 3 is 2.52 bits per heavy atom. The van der Waals surface area contributed by atoms with Crippen molar-refractivity contribution in [2.24, 2.45) is 7.05 Å². The van der Waals surface area contributed by atoms with Gasteiger partial charge in [0.25, 0.3) is 0 Å². The van der Waals surface area contributed by atoms with Crippen molar-refractivity contribution in [3.05, 3.63) is 66.9 Å². The van der Waals surface area contributed by atoms with Crippen LogP contribution in [0.2, 0.25) is 0 Å². The molecule has 3 aromatic rings. The first-order valence-electron chi connectivity index (χ1n) is 6.90. The summed E-state index contributed by atoms with van der Waals surface area (Å²) in [6.07, 6.45) is 8.41. The maximum Gasteiger partial charge on any atom is 0.344 e. The van der Waals surface area contributed by atoms with Crippen molar-refractivity contribution in [1.29, 1.82) is 0 Å². The van der Waals surface area contributed by atoms with E-state index in [1.807, 2.05) is 6.07 Å². The fourth-order valence-electron chi connectivity index (χ4n) is 2.56. The molecule has 2 heterocycles. The Labute approximate surface area is 129 Å². The summed E-state index contributed by atoms with van der Waals surface area (Å²) < 4.78 is 6.56. The van der Waals surface area contributed by atoms with Crippen molar-refractivity contribution in [1.82, 2.24) is 4.57 Å². The van der Waals surface area contributed by atoms with Crippen LogP contribution in [0.15, 0.2) is 66.0 Å². The fourth-order valence-corrected chi connectivity index (χ4v) is 3.15. The average Bonchev–Trinajstić information content (AvgIpc) is 2.89. The molecule has 106 valence electrons. The third-order valence-corrected chi connectivity index (χ3v) is 4.47. The molecule has 0 atom stereocenters. The highest BCUT2D eigenvalue weighted by molar-refractivity contribution is 7.98. The molecular weight excluding hydrogens is 278 g/mol. The molecule has 0 aliphatic heterocycles. The van der Waals surface area contributed by atoms with Crippen molar-refractivity contribution < 1.29 is 9.13 Å². The Morgan fingerprint density at radius 2 is 1.76 bits per heavy atom.